The van der Waals surface area contributed by atoms with Crippen molar-refractivity contribution in [2.75, 3.05) is 19.6 Å². The van der Waals surface area contributed by atoms with Crippen molar-refractivity contribution in [2.45, 2.75) is 84.3 Å². The van der Waals surface area contributed by atoms with Crippen LogP contribution in [-0.2, 0) is 4.74 Å². The summed E-state index contributed by atoms with van der Waals surface area (Å²) in [5.74, 6) is 1.58. The number of nitrogens with zero attached hydrogens (tertiary/aromatic N) is 1. The minimum atomic E-state index is -0.400. The predicted octanol–water partition coefficient (Wildman–Crippen LogP) is 4.19. The van der Waals surface area contributed by atoms with Crippen LogP contribution in [0.3, 0.4) is 0 Å². The molecule has 23 heavy (non-hydrogen) atoms. The van der Waals surface area contributed by atoms with Gasteiger partial charge in [-0.3, -0.25) is 0 Å². The van der Waals surface area contributed by atoms with E-state index in [-0.39, 0.29) is 6.09 Å². The lowest BCUT2D eigenvalue weighted by Gasteiger charge is -2.34. The zero-order chi connectivity index (χ0) is 16.9. The number of hydrogen-bond donors (Lipinski definition) is 1. The summed E-state index contributed by atoms with van der Waals surface area (Å²) < 4.78 is 5.50. The Kier molecular flexibility index (Phi) is 6.75. The van der Waals surface area contributed by atoms with Crippen LogP contribution in [0.25, 0.3) is 0 Å². The first-order valence-electron chi connectivity index (χ1n) is 9.55. The summed E-state index contributed by atoms with van der Waals surface area (Å²) in [5, 5.41) is 3.68. The van der Waals surface area contributed by atoms with Gasteiger partial charge in [-0.15, -0.1) is 0 Å². The third-order valence-electron chi connectivity index (χ3n) is 5.13. The highest BCUT2D eigenvalue weighted by Gasteiger charge is 2.27. The Morgan fingerprint density at radius 2 is 1.91 bits per heavy atom. The number of nitrogens with one attached hydrogen (secondary N) is 1. The fraction of sp³-hybridized carbons (Fsp3) is 0.947. The molecule has 0 aromatic carbocycles. The van der Waals surface area contributed by atoms with Crippen LogP contribution >= 0.6 is 0 Å². The Balaban J connectivity index is 1.64. The fourth-order valence-corrected chi connectivity index (χ4v) is 3.64. The van der Waals surface area contributed by atoms with Crippen molar-refractivity contribution in [3.63, 3.8) is 0 Å². The Hall–Kier alpha value is -0.770. The van der Waals surface area contributed by atoms with E-state index in [0.717, 1.165) is 38.4 Å². The van der Waals surface area contributed by atoms with Gasteiger partial charge in [0.25, 0.3) is 0 Å². The van der Waals surface area contributed by atoms with E-state index in [1.807, 2.05) is 25.7 Å². The minimum absolute atomic E-state index is 0.145. The van der Waals surface area contributed by atoms with Crippen molar-refractivity contribution < 1.29 is 9.53 Å². The topological polar surface area (TPSA) is 41.6 Å². The quantitative estimate of drug-likeness (QED) is 0.796. The van der Waals surface area contributed by atoms with Crippen molar-refractivity contribution in [1.29, 1.82) is 0 Å². The molecule has 1 N–H and O–H groups in total. The van der Waals surface area contributed by atoms with Gasteiger partial charge < -0.3 is 15.0 Å². The zero-order valence-electron chi connectivity index (χ0n) is 15.6. The minimum Gasteiger partial charge on any atom is -0.444 e. The van der Waals surface area contributed by atoms with Gasteiger partial charge in [0.05, 0.1) is 0 Å². The van der Waals surface area contributed by atoms with Crippen LogP contribution in [0.4, 0.5) is 4.79 Å². The molecule has 2 rings (SSSR count). The molecule has 0 bridgehead atoms. The molecule has 2 aliphatic rings. The molecule has 4 nitrogen and oxygen atoms in total. The van der Waals surface area contributed by atoms with E-state index < -0.39 is 5.60 Å². The average molecular weight is 325 g/mol. The highest BCUT2D eigenvalue weighted by molar-refractivity contribution is 5.68. The summed E-state index contributed by atoms with van der Waals surface area (Å²) in [7, 11) is 0. The van der Waals surface area contributed by atoms with E-state index in [4.69, 9.17) is 4.74 Å². The lowest BCUT2D eigenvalue weighted by atomic mass is 9.81. The van der Waals surface area contributed by atoms with E-state index in [1.165, 1.54) is 32.1 Å². The molecule has 2 unspecified atom stereocenters. The maximum atomic E-state index is 12.2. The zero-order valence-corrected chi connectivity index (χ0v) is 15.6. The van der Waals surface area contributed by atoms with E-state index in [9.17, 15) is 4.79 Å². The fourth-order valence-electron chi connectivity index (χ4n) is 3.64. The second-order valence-electron chi connectivity index (χ2n) is 8.61. The lowest BCUT2D eigenvalue weighted by molar-refractivity contribution is 0.0161. The molecular weight excluding hydrogens is 288 g/mol. The van der Waals surface area contributed by atoms with Gasteiger partial charge in [-0.05, 0) is 71.8 Å². The molecule has 1 aliphatic heterocycles. The predicted molar refractivity (Wildman–Crippen MR) is 94.6 cm³/mol. The molecular formula is C19H36N2O2. The number of carbonyl (C=O) groups is 1. The smallest absolute Gasteiger partial charge is 0.410 e. The van der Waals surface area contributed by atoms with Gasteiger partial charge in [-0.1, -0.05) is 19.3 Å². The molecule has 1 heterocycles. The highest BCUT2D eigenvalue weighted by Crippen LogP contribution is 2.30. The maximum absolute atomic E-state index is 12.2. The Morgan fingerprint density at radius 3 is 2.52 bits per heavy atom. The molecule has 134 valence electrons. The Labute approximate surface area is 142 Å². The van der Waals surface area contributed by atoms with Crippen molar-refractivity contribution >= 4 is 6.09 Å². The molecule has 2 atom stereocenters. The van der Waals surface area contributed by atoms with E-state index in [2.05, 4.69) is 12.2 Å². The first kappa shape index (κ1) is 18.6. The molecule has 2 fully saturated rings. The van der Waals surface area contributed by atoms with Gasteiger partial charge in [-0.2, -0.15) is 0 Å². The number of likely N-dealkylation sites (tertiary alicyclic amines) is 1. The number of piperidine rings is 1. The van der Waals surface area contributed by atoms with Gasteiger partial charge in [0.1, 0.15) is 5.60 Å². The average Bonchev–Trinajstić information content (AvgIpc) is 2.41. The maximum Gasteiger partial charge on any atom is 0.410 e. The number of hydrogen-bond acceptors (Lipinski definition) is 3. The van der Waals surface area contributed by atoms with E-state index >= 15 is 0 Å². The third kappa shape index (κ3) is 6.70. The summed E-state index contributed by atoms with van der Waals surface area (Å²) in [6.07, 6.45) is 8.97. The van der Waals surface area contributed by atoms with Gasteiger partial charge in [-0.25, -0.2) is 4.79 Å². The molecule has 1 saturated carbocycles. The monoisotopic (exact) mass is 324 g/mol. The van der Waals surface area contributed by atoms with Crippen LogP contribution in [-0.4, -0.2) is 42.3 Å². The van der Waals surface area contributed by atoms with Crippen molar-refractivity contribution in [2.24, 2.45) is 11.8 Å². The summed E-state index contributed by atoms with van der Waals surface area (Å²) in [6, 6.07) is 0.630. The summed E-state index contributed by atoms with van der Waals surface area (Å²) in [4.78, 5) is 14.1. The van der Waals surface area contributed by atoms with Gasteiger partial charge in [0, 0.05) is 19.1 Å². The molecule has 4 heteroatoms. The Morgan fingerprint density at radius 1 is 1.22 bits per heavy atom. The molecule has 0 spiro atoms. The normalized spacial score (nSPS) is 24.2. The number of rotatable bonds is 6. The van der Waals surface area contributed by atoms with Crippen LogP contribution in [0.1, 0.15) is 72.6 Å². The summed E-state index contributed by atoms with van der Waals surface area (Å²) in [5.41, 5.74) is -0.400. The molecule has 0 radical (unpaired) electrons. The van der Waals surface area contributed by atoms with E-state index in [1.54, 1.807) is 0 Å². The van der Waals surface area contributed by atoms with Gasteiger partial charge in [0.2, 0.25) is 0 Å². The largest absolute Gasteiger partial charge is 0.444 e. The SMILES string of the molecule is CC(CC1CCC1)NCCC1CCCN(C(=O)OC(C)(C)C)C1. The lowest BCUT2D eigenvalue weighted by Crippen LogP contribution is -2.43. The second kappa shape index (κ2) is 8.36. The number of carbonyl (C=O) groups excluding carboxylic acids is 1. The van der Waals surface area contributed by atoms with Gasteiger partial charge in [0.15, 0.2) is 0 Å². The number of ether oxygens (including phenoxy) is 1. The second-order valence-corrected chi connectivity index (χ2v) is 8.61. The molecule has 1 saturated heterocycles. The summed E-state index contributed by atoms with van der Waals surface area (Å²) in [6.45, 7) is 10.9. The van der Waals surface area contributed by atoms with E-state index in [0.29, 0.717) is 12.0 Å². The molecule has 0 aromatic heterocycles. The molecule has 0 aromatic rings. The summed E-state index contributed by atoms with van der Waals surface area (Å²) >= 11 is 0. The Bertz CT molecular complexity index is 374. The van der Waals surface area contributed by atoms with Crippen LogP contribution in [0.15, 0.2) is 0 Å². The first-order valence-corrected chi connectivity index (χ1v) is 9.55. The number of amides is 1. The van der Waals surface area contributed by atoms with Crippen LogP contribution in [0.5, 0.6) is 0 Å². The van der Waals surface area contributed by atoms with Crippen LogP contribution in [0, 0.1) is 11.8 Å². The van der Waals surface area contributed by atoms with Crippen LogP contribution < -0.4 is 5.32 Å². The first-order chi connectivity index (χ1) is 10.8. The van der Waals surface area contributed by atoms with Crippen molar-refractivity contribution in [1.82, 2.24) is 10.2 Å². The van der Waals surface area contributed by atoms with Crippen LogP contribution in [0.2, 0.25) is 0 Å². The van der Waals surface area contributed by atoms with Crippen molar-refractivity contribution in [3.8, 4) is 0 Å². The van der Waals surface area contributed by atoms with Crippen molar-refractivity contribution in [3.05, 3.63) is 0 Å². The standard InChI is InChI=1S/C19H36N2O2/c1-15(13-16-7-5-8-16)20-11-10-17-9-6-12-21(14-17)18(22)23-19(2,3)4/h15-17,20H,5-14H2,1-4H3. The third-order valence-corrected chi connectivity index (χ3v) is 5.13. The van der Waals surface area contributed by atoms with Gasteiger partial charge >= 0.3 is 6.09 Å². The molecule has 1 amide bonds. The highest BCUT2D eigenvalue weighted by atomic mass is 16.6. The molecule has 1 aliphatic carbocycles.